The molecule has 0 unspecified atom stereocenters. The summed E-state index contributed by atoms with van der Waals surface area (Å²) in [6.45, 7) is -5.76. The van der Waals surface area contributed by atoms with Gasteiger partial charge in [-0.2, -0.15) is 0 Å². The van der Waals surface area contributed by atoms with E-state index in [-0.39, 0.29) is 11.4 Å². The summed E-state index contributed by atoms with van der Waals surface area (Å²) in [6.07, 6.45) is -1.65. The number of nitrogens with zero attached hydrogens (tertiary/aromatic N) is 1. The average Bonchev–Trinajstić information content (AvgIpc) is 2.70. The lowest BCUT2D eigenvalue weighted by Crippen LogP contribution is -2.42. The first-order valence-corrected chi connectivity index (χ1v) is 7.77. The van der Waals surface area contributed by atoms with E-state index in [2.05, 4.69) is 0 Å². The molecule has 0 aliphatic carbocycles. The standard InChI is InChI=1S/C17H18N2O3S/c18-9-10-19-13-3-1-2-4-14(13)23-16(15(21)17(19)22)11-5-7-12(20)8-6-11/h1-8,15-16,20-21H,9-10,18H2/t15-,16+/m1/s1/i9D2,10D2. The van der Waals surface area contributed by atoms with Crippen LogP contribution in [0.2, 0.25) is 0 Å². The number of carbonyl (C=O) groups excluding carboxylic acids is 1. The predicted octanol–water partition coefficient (Wildman–Crippen LogP) is 1.89. The fourth-order valence-corrected chi connectivity index (χ4v) is 3.67. The van der Waals surface area contributed by atoms with Gasteiger partial charge in [-0.05, 0) is 29.8 Å². The van der Waals surface area contributed by atoms with Gasteiger partial charge < -0.3 is 20.8 Å². The van der Waals surface area contributed by atoms with Crippen LogP contribution in [0.4, 0.5) is 5.69 Å². The summed E-state index contributed by atoms with van der Waals surface area (Å²) in [5, 5.41) is 19.4. The fourth-order valence-electron chi connectivity index (χ4n) is 2.42. The molecule has 0 aromatic heterocycles. The Morgan fingerprint density at radius 3 is 2.61 bits per heavy atom. The first-order valence-electron chi connectivity index (χ1n) is 8.89. The van der Waals surface area contributed by atoms with Crippen molar-refractivity contribution in [2.24, 2.45) is 5.73 Å². The van der Waals surface area contributed by atoms with Gasteiger partial charge in [0.2, 0.25) is 0 Å². The van der Waals surface area contributed by atoms with Crippen molar-refractivity contribution < 1.29 is 20.5 Å². The fraction of sp³-hybridized carbons (Fsp3) is 0.235. The molecular formula is C17H18N2O3S. The number of aliphatic hydroxyl groups is 1. The second kappa shape index (κ2) is 6.62. The highest BCUT2D eigenvalue weighted by atomic mass is 32.2. The van der Waals surface area contributed by atoms with Crippen LogP contribution >= 0.6 is 11.8 Å². The Labute approximate surface area is 144 Å². The van der Waals surface area contributed by atoms with E-state index >= 15 is 0 Å². The Kier molecular flexibility index (Phi) is 3.31. The summed E-state index contributed by atoms with van der Waals surface area (Å²) < 4.78 is 31.5. The van der Waals surface area contributed by atoms with Crippen molar-refractivity contribution in [3.8, 4) is 5.75 Å². The van der Waals surface area contributed by atoms with Crippen molar-refractivity contribution in [2.75, 3.05) is 17.9 Å². The average molecular weight is 334 g/mol. The summed E-state index contributed by atoms with van der Waals surface area (Å²) >= 11 is 1.16. The summed E-state index contributed by atoms with van der Waals surface area (Å²) in [7, 11) is 0. The second-order valence-corrected chi connectivity index (χ2v) is 6.16. The molecule has 0 saturated carbocycles. The van der Waals surface area contributed by atoms with Crippen LogP contribution in [0.3, 0.4) is 0 Å². The molecule has 2 aromatic carbocycles. The Balaban J connectivity index is 2.15. The number of phenolic OH excluding ortho intramolecular Hbond substituents is 1. The van der Waals surface area contributed by atoms with Gasteiger partial charge in [-0.25, -0.2) is 0 Å². The van der Waals surface area contributed by atoms with Gasteiger partial charge in [0.25, 0.3) is 5.91 Å². The van der Waals surface area contributed by atoms with Gasteiger partial charge in [0.15, 0.2) is 0 Å². The molecule has 1 aliphatic rings. The predicted molar refractivity (Wildman–Crippen MR) is 90.6 cm³/mol. The number of aromatic hydroxyl groups is 1. The molecule has 0 radical (unpaired) electrons. The van der Waals surface area contributed by atoms with Crippen molar-refractivity contribution in [3.63, 3.8) is 0 Å². The van der Waals surface area contributed by atoms with E-state index in [1.807, 2.05) is 0 Å². The molecule has 2 atom stereocenters. The molecule has 3 rings (SSSR count). The molecular weight excluding hydrogens is 312 g/mol. The number of benzene rings is 2. The van der Waals surface area contributed by atoms with E-state index in [0.717, 1.165) is 11.8 Å². The van der Waals surface area contributed by atoms with Crippen molar-refractivity contribution in [1.82, 2.24) is 0 Å². The van der Waals surface area contributed by atoms with E-state index in [9.17, 15) is 15.0 Å². The highest BCUT2D eigenvalue weighted by molar-refractivity contribution is 7.99. The SMILES string of the molecule is [2H]C([2H])(N)C([2H])([2H])N1C(=O)[C@H](O)[C@H](c2ccc(O)cc2)Sc2ccccc21. The van der Waals surface area contributed by atoms with Crippen LogP contribution in [-0.2, 0) is 4.79 Å². The van der Waals surface area contributed by atoms with Crippen molar-refractivity contribution in [2.45, 2.75) is 16.2 Å². The third-order valence-electron chi connectivity index (χ3n) is 3.52. The van der Waals surface area contributed by atoms with E-state index in [0.29, 0.717) is 15.4 Å². The van der Waals surface area contributed by atoms with Crippen molar-refractivity contribution in [1.29, 1.82) is 0 Å². The number of amides is 1. The maximum absolute atomic E-state index is 13.0. The molecule has 0 fully saturated rings. The Morgan fingerprint density at radius 1 is 1.22 bits per heavy atom. The van der Waals surface area contributed by atoms with E-state index in [1.165, 1.54) is 18.2 Å². The minimum absolute atomic E-state index is 0.0351. The molecule has 2 aromatic rings. The van der Waals surface area contributed by atoms with Gasteiger partial charge in [-0.3, -0.25) is 4.79 Å². The molecule has 120 valence electrons. The van der Waals surface area contributed by atoms with Crippen molar-refractivity contribution in [3.05, 3.63) is 54.1 Å². The number of thioether (sulfide) groups is 1. The lowest BCUT2D eigenvalue weighted by molar-refractivity contribution is -0.126. The maximum Gasteiger partial charge on any atom is 0.257 e. The highest BCUT2D eigenvalue weighted by Gasteiger charge is 2.36. The number of hydrogen-bond acceptors (Lipinski definition) is 5. The normalized spacial score (nSPS) is 24.8. The van der Waals surface area contributed by atoms with E-state index in [4.69, 9.17) is 11.2 Å². The Hall–Kier alpha value is -2.02. The largest absolute Gasteiger partial charge is 0.508 e. The zero-order chi connectivity index (χ0) is 20.0. The molecule has 5 nitrogen and oxygen atoms in total. The van der Waals surface area contributed by atoms with Crippen LogP contribution in [0.25, 0.3) is 0 Å². The van der Waals surface area contributed by atoms with Crippen LogP contribution in [0.5, 0.6) is 5.75 Å². The van der Waals surface area contributed by atoms with E-state index in [1.54, 1.807) is 30.3 Å². The molecule has 0 bridgehead atoms. The number of fused-ring (bicyclic) bond motifs is 1. The summed E-state index contributed by atoms with van der Waals surface area (Å²) in [5.41, 5.74) is 6.06. The van der Waals surface area contributed by atoms with Gasteiger partial charge in [0.05, 0.1) is 13.7 Å². The van der Waals surface area contributed by atoms with Crippen LogP contribution in [-0.4, -0.2) is 35.2 Å². The number of nitrogens with two attached hydrogens (primary N) is 1. The number of rotatable bonds is 3. The molecule has 0 spiro atoms. The van der Waals surface area contributed by atoms with Crippen LogP contribution in [0.15, 0.2) is 53.4 Å². The highest BCUT2D eigenvalue weighted by Crippen LogP contribution is 2.45. The molecule has 1 aliphatic heterocycles. The topological polar surface area (TPSA) is 86.8 Å². The molecule has 23 heavy (non-hydrogen) atoms. The number of aliphatic hydroxyl groups excluding tert-OH is 1. The first-order chi connectivity index (χ1) is 12.5. The molecule has 1 heterocycles. The maximum atomic E-state index is 13.0. The van der Waals surface area contributed by atoms with Gasteiger partial charge in [0.1, 0.15) is 11.9 Å². The molecule has 1 amide bonds. The number of carbonyl (C=O) groups is 1. The summed E-state index contributed by atoms with van der Waals surface area (Å²) in [6, 6.07) is 12.4. The first kappa shape index (κ1) is 11.5. The summed E-state index contributed by atoms with van der Waals surface area (Å²) in [4.78, 5) is 14.1. The minimum Gasteiger partial charge on any atom is -0.508 e. The van der Waals surface area contributed by atoms with Gasteiger partial charge in [-0.1, -0.05) is 24.3 Å². The van der Waals surface area contributed by atoms with Crippen LogP contribution in [0.1, 0.15) is 16.3 Å². The number of phenols is 1. The van der Waals surface area contributed by atoms with Gasteiger partial charge in [0, 0.05) is 20.6 Å². The lowest BCUT2D eigenvalue weighted by Gasteiger charge is -2.24. The molecule has 6 heteroatoms. The van der Waals surface area contributed by atoms with Gasteiger partial charge in [-0.15, -0.1) is 11.8 Å². The Morgan fingerprint density at radius 2 is 1.91 bits per heavy atom. The number of hydrogen-bond donors (Lipinski definition) is 3. The Bertz CT molecular complexity index is 858. The van der Waals surface area contributed by atoms with Gasteiger partial charge >= 0.3 is 0 Å². The lowest BCUT2D eigenvalue weighted by atomic mass is 10.1. The zero-order valence-corrected chi connectivity index (χ0v) is 12.8. The number of para-hydroxylation sites is 1. The third-order valence-corrected chi connectivity index (χ3v) is 4.90. The zero-order valence-electron chi connectivity index (χ0n) is 16.0. The molecule has 0 saturated heterocycles. The second-order valence-electron chi connectivity index (χ2n) is 4.97. The summed E-state index contributed by atoms with van der Waals surface area (Å²) in [5.74, 6) is -0.960. The molecule has 4 N–H and O–H groups in total. The third kappa shape index (κ3) is 3.06. The quantitative estimate of drug-likeness (QED) is 0.798. The van der Waals surface area contributed by atoms with Crippen molar-refractivity contribution >= 4 is 23.4 Å². The number of anilines is 1. The smallest absolute Gasteiger partial charge is 0.257 e. The van der Waals surface area contributed by atoms with Crippen LogP contribution in [0, 0.1) is 0 Å². The monoisotopic (exact) mass is 334 g/mol. The van der Waals surface area contributed by atoms with E-state index < -0.39 is 30.3 Å². The van der Waals surface area contributed by atoms with Crippen LogP contribution < -0.4 is 10.6 Å². The minimum atomic E-state index is -2.90.